The predicted octanol–water partition coefficient (Wildman–Crippen LogP) is 3.39. The molecule has 0 rings (SSSR count). The van der Waals surface area contributed by atoms with Crippen LogP contribution >= 0.6 is 0 Å². The van der Waals surface area contributed by atoms with Crippen molar-refractivity contribution in [2.45, 2.75) is 41.5 Å². The second-order valence-corrected chi connectivity index (χ2v) is 3.62. The Labute approximate surface area is 70.7 Å². The van der Waals surface area contributed by atoms with Gasteiger partial charge in [-0.25, -0.2) is 0 Å². The van der Waals surface area contributed by atoms with Gasteiger partial charge in [0.1, 0.15) is 0 Å². The number of allylic oxidation sites excluding steroid dienone is 2. The molecule has 0 saturated carbocycles. The summed E-state index contributed by atoms with van der Waals surface area (Å²) in [5, 5.41) is 0. The summed E-state index contributed by atoms with van der Waals surface area (Å²) in [4.78, 5) is 0. The molecule has 11 heavy (non-hydrogen) atoms. The standard InChI is InChI=1S/C11H18/c1-7-8-11(5,6)10(4)9(2)3/h1-6H3. The zero-order valence-corrected chi connectivity index (χ0v) is 8.50. The molecule has 0 nitrogen and oxygen atoms in total. The van der Waals surface area contributed by atoms with Gasteiger partial charge in [0.05, 0.1) is 0 Å². The molecule has 0 unspecified atom stereocenters. The third-order valence-electron chi connectivity index (χ3n) is 2.12. The van der Waals surface area contributed by atoms with Crippen LogP contribution < -0.4 is 0 Å². The first kappa shape index (κ1) is 10.3. The molecule has 0 saturated heterocycles. The highest BCUT2D eigenvalue weighted by atomic mass is 14.2. The molecule has 0 heteroatoms. The summed E-state index contributed by atoms with van der Waals surface area (Å²) in [6.07, 6.45) is 0. The van der Waals surface area contributed by atoms with E-state index in [9.17, 15) is 0 Å². The normalized spacial score (nSPS) is 10.0. The van der Waals surface area contributed by atoms with Crippen LogP contribution in [0.1, 0.15) is 41.5 Å². The number of rotatable bonds is 1. The van der Waals surface area contributed by atoms with Crippen LogP contribution in [0, 0.1) is 17.3 Å². The minimum atomic E-state index is 0.0492. The molecule has 0 aromatic rings. The molecule has 62 valence electrons. The Bertz CT molecular complexity index is 214. The highest BCUT2D eigenvalue weighted by Gasteiger charge is 2.16. The lowest BCUT2D eigenvalue weighted by molar-refractivity contribution is 0.598. The van der Waals surface area contributed by atoms with Gasteiger partial charge in [0.15, 0.2) is 0 Å². The number of hydrogen-bond donors (Lipinski definition) is 0. The Kier molecular flexibility index (Phi) is 3.39. The third-order valence-corrected chi connectivity index (χ3v) is 2.12. The average Bonchev–Trinajstić information content (AvgIpc) is 1.86. The summed E-state index contributed by atoms with van der Waals surface area (Å²) in [5.74, 6) is 6.15. The second-order valence-electron chi connectivity index (χ2n) is 3.62. The first-order chi connectivity index (χ1) is 4.91. The quantitative estimate of drug-likeness (QED) is 0.397. The van der Waals surface area contributed by atoms with Crippen molar-refractivity contribution < 1.29 is 0 Å². The van der Waals surface area contributed by atoms with E-state index in [0.29, 0.717) is 0 Å². The lowest BCUT2D eigenvalue weighted by atomic mass is 9.83. The maximum Gasteiger partial charge on any atom is 0.0466 e. The van der Waals surface area contributed by atoms with E-state index in [4.69, 9.17) is 0 Å². The van der Waals surface area contributed by atoms with Gasteiger partial charge in [-0.05, 0) is 41.5 Å². The van der Waals surface area contributed by atoms with E-state index in [1.54, 1.807) is 0 Å². The molecular weight excluding hydrogens is 132 g/mol. The van der Waals surface area contributed by atoms with E-state index >= 15 is 0 Å². The SMILES string of the molecule is CC#CC(C)(C)C(C)=C(C)C. The summed E-state index contributed by atoms with van der Waals surface area (Å²) < 4.78 is 0. The van der Waals surface area contributed by atoms with E-state index in [-0.39, 0.29) is 5.41 Å². The third kappa shape index (κ3) is 2.80. The minimum Gasteiger partial charge on any atom is -0.106 e. The molecule has 0 aliphatic carbocycles. The topological polar surface area (TPSA) is 0 Å². The molecule has 0 spiro atoms. The summed E-state index contributed by atoms with van der Waals surface area (Å²) in [6.45, 7) is 12.6. The monoisotopic (exact) mass is 150 g/mol. The van der Waals surface area contributed by atoms with Gasteiger partial charge in [-0.3, -0.25) is 0 Å². The van der Waals surface area contributed by atoms with Crippen LogP contribution in [-0.4, -0.2) is 0 Å². The Morgan fingerprint density at radius 2 is 1.55 bits per heavy atom. The van der Waals surface area contributed by atoms with Gasteiger partial charge in [-0.1, -0.05) is 17.1 Å². The minimum absolute atomic E-state index is 0.0492. The Morgan fingerprint density at radius 1 is 1.09 bits per heavy atom. The van der Waals surface area contributed by atoms with Crippen molar-refractivity contribution in [3.63, 3.8) is 0 Å². The Hall–Kier alpha value is -0.700. The van der Waals surface area contributed by atoms with Crippen LogP contribution in [0.2, 0.25) is 0 Å². The van der Waals surface area contributed by atoms with E-state index in [1.807, 2.05) is 6.92 Å². The van der Waals surface area contributed by atoms with Gasteiger partial charge in [-0.15, -0.1) is 5.92 Å². The fraction of sp³-hybridized carbons (Fsp3) is 0.636. The van der Waals surface area contributed by atoms with Crippen LogP contribution in [-0.2, 0) is 0 Å². The van der Waals surface area contributed by atoms with E-state index < -0.39 is 0 Å². The van der Waals surface area contributed by atoms with Crippen LogP contribution in [0.3, 0.4) is 0 Å². The van der Waals surface area contributed by atoms with Crippen LogP contribution in [0.4, 0.5) is 0 Å². The van der Waals surface area contributed by atoms with E-state index in [0.717, 1.165) is 0 Å². The molecular formula is C11H18. The summed E-state index contributed by atoms with van der Waals surface area (Å²) in [6, 6.07) is 0. The van der Waals surface area contributed by atoms with Crippen LogP contribution in [0.15, 0.2) is 11.1 Å². The van der Waals surface area contributed by atoms with Gasteiger partial charge in [0, 0.05) is 5.41 Å². The molecule has 0 aliphatic rings. The van der Waals surface area contributed by atoms with E-state index in [2.05, 4.69) is 46.5 Å². The van der Waals surface area contributed by atoms with Crippen molar-refractivity contribution in [3.8, 4) is 11.8 Å². The molecule has 0 radical (unpaired) electrons. The second kappa shape index (κ2) is 3.62. The zero-order valence-electron chi connectivity index (χ0n) is 8.50. The predicted molar refractivity (Wildman–Crippen MR) is 51.3 cm³/mol. The van der Waals surface area contributed by atoms with Crippen molar-refractivity contribution >= 4 is 0 Å². The summed E-state index contributed by atoms with van der Waals surface area (Å²) >= 11 is 0. The lowest BCUT2D eigenvalue weighted by Gasteiger charge is -2.20. The van der Waals surface area contributed by atoms with Crippen molar-refractivity contribution in [2.24, 2.45) is 5.41 Å². The van der Waals surface area contributed by atoms with Gasteiger partial charge < -0.3 is 0 Å². The van der Waals surface area contributed by atoms with Gasteiger partial charge in [0.25, 0.3) is 0 Å². The molecule has 0 heterocycles. The van der Waals surface area contributed by atoms with E-state index in [1.165, 1.54) is 11.1 Å². The molecule has 0 fully saturated rings. The van der Waals surface area contributed by atoms with Gasteiger partial charge in [-0.2, -0.15) is 0 Å². The number of hydrogen-bond acceptors (Lipinski definition) is 0. The molecule has 0 atom stereocenters. The van der Waals surface area contributed by atoms with Crippen molar-refractivity contribution in [2.75, 3.05) is 0 Å². The maximum absolute atomic E-state index is 3.20. The summed E-state index contributed by atoms with van der Waals surface area (Å²) in [5.41, 5.74) is 2.80. The highest BCUT2D eigenvalue weighted by Crippen LogP contribution is 2.26. The Morgan fingerprint density at radius 3 is 1.82 bits per heavy atom. The molecule has 0 aromatic carbocycles. The average molecular weight is 150 g/mol. The Balaban J connectivity index is 4.80. The first-order valence-electron chi connectivity index (χ1n) is 4.00. The summed E-state index contributed by atoms with van der Waals surface area (Å²) in [7, 11) is 0. The lowest BCUT2D eigenvalue weighted by Crippen LogP contribution is -2.10. The molecule has 0 amide bonds. The van der Waals surface area contributed by atoms with Crippen molar-refractivity contribution in [3.05, 3.63) is 11.1 Å². The molecule has 0 aromatic heterocycles. The molecule has 0 aliphatic heterocycles. The largest absolute Gasteiger partial charge is 0.106 e. The maximum atomic E-state index is 3.20. The molecule has 0 N–H and O–H groups in total. The zero-order chi connectivity index (χ0) is 9.07. The van der Waals surface area contributed by atoms with Gasteiger partial charge in [0.2, 0.25) is 0 Å². The smallest absolute Gasteiger partial charge is 0.0466 e. The fourth-order valence-electron chi connectivity index (χ4n) is 1.03. The molecule has 0 bridgehead atoms. The first-order valence-corrected chi connectivity index (χ1v) is 4.00. The highest BCUT2D eigenvalue weighted by molar-refractivity contribution is 5.26. The van der Waals surface area contributed by atoms with Crippen molar-refractivity contribution in [1.29, 1.82) is 0 Å². The van der Waals surface area contributed by atoms with Crippen molar-refractivity contribution in [1.82, 2.24) is 0 Å². The van der Waals surface area contributed by atoms with Crippen LogP contribution in [0.25, 0.3) is 0 Å². The van der Waals surface area contributed by atoms with Crippen LogP contribution in [0.5, 0.6) is 0 Å². The fourth-order valence-corrected chi connectivity index (χ4v) is 1.03. The van der Waals surface area contributed by atoms with Gasteiger partial charge >= 0.3 is 0 Å².